The lowest BCUT2D eigenvalue weighted by atomic mass is 9.70. The average molecular weight is 238 g/mol. The topological polar surface area (TPSA) is 15.3 Å². The first-order valence-corrected chi connectivity index (χ1v) is 7.49. The van der Waals surface area contributed by atoms with Gasteiger partial charge in [0.1, 0.15) is 0 Å². The molecule has 0 aromatic carbocycles. The van der Waals surface area contributed by atoms with Crippen molar-refractivity contribution in [1.82, 2.24) is 10.2 Å². The van der Waals surface area contributed by atoms with Crippen LogP contribution in [-0.2, 0) is 0 Å². The van der Waals surface area contributed by atoms with E-state index >= 15 is 0 Å². The van der Waals surface area contributed by atoms with Gasteiger partial charge in [0.25, 0.3) is 0 Å². The lowest BCUT2D eigenvalue weighted by Gasteiger charge is -2.47. The molecule has 100 valence electrons. The highest BCUT2D eigenvalue weighted by Gasteiger charge is 2.41. The second-order valence-corrected chi connectivity index (χ2v) is 6.77. The van der Waals surface area contributed by atoms with Gasteiger partial charge < -0.3 is 5.32 Å². The summed E-state index contributed by atoms with van der Waals surface area (Å²) in [5, 5.41) is 3.61. The van der Waals surface area contributed by atoms with Crippen molar-refractivity contribution in [2.75, 3.05) is 20.1 Å². The van der Waals surface area contributed by atoms with Crippen LogP contribution in [0.2, 0.25) is 0 Å². The Labute approximate surface area is 107 Å². The van der Waals surface area contributed by atoms with Gasteiger partial charge in [0, 0.05) is 18.6 Å². The number of likely N-dealkylation sites (tertiary alicyclic amines) is 1. The molecule has 1 N–H and O–H groups in total. The van der Waals surface area contributed by atoms with E-state index in [0.717, 1.165) is 12.0 Å². The van der Waals surface area contributed by atoms with Gasteiger partial charge in [-0.05, 0) is 44.2 Å². The summed E-state index contributed by atoms with van der Waals surface area (Å²) in [5.74, 6) is 0.956. The van der Waals surface area contributed by atoms with Crippen LogP contribution in [0.3, 0.4) is 0 Å². The minimum atomic E-state index is 0.460. The quantitative estimate of drug-likeness (QED) is 0.813. The van der Waals surface area contributed by atoms with Crippen LogP contribution in [0.1, 0.15) is 52.9 Å². The number of nitrogens with one attached hydrogen (secondary N) is 1. The van der Waals surface area contributed by atoms with Crippen molar-refractivity contribution in [2.24, 2.45) is 11.3 Å². The van der Waals surface area contributed by atoms with E-state index in [4.69, 9.17) is 0 Å². The summed E-state index contributed by atoms with van der Waals surface area (Å²) < 4.78 is 0. The summed E-state index contributed by atoms with van der Waals surface area (Å²) >= 11 is 0. The van der Waals surface area contributed by atoms with E-state index in [1.165, 1.54) is 45.2 Å². The van der Waals surface area contributed by atoms with Crippen LogP contribution in [0.25, 0.3) is 0 Å². The molecular weight excluding hydrogens is 208 g/mol. The van der Waals surface area contributed by atoms with Crippen molar-refractivity contribution >= 4 is 0 Å². The van der Waals surface area contributed by atoms with E-state index < -0.39 is 0 Å². The normalized spacial score (nSPS) is 38.5. The lowest BCUT2D eigenvalue weighted by molar-refractivity contribution is 0.0638. The zero-order valence-electron chi connectivity index (χ0n) is 12.1. The van der Waals surface area contributed by atoms with Gasteiger partial charge in [0.2, 0.25) is 0 Å². The molecule has 1 aliphatic heterocycles. The summed E-state index contributed by atoms with van der Waals surface area (Å²) in [6.45, 7) is 9.89. The maximum atomic E-state index is 3.61. The zero-order chi connectivity index (χ0) is 12.5. The van der Waals surface area contributed by atoms with Crippen molar-refractivity contribution < 1.29 is 0 Å². The fourth-order valence-corrected chi connectivity index (χ4v) is 4.08. The third-order valence-electron chi connectivity index (χ3n) is 5.22. The zero-order valence-corrected chi connectivity index (χ0v) is 12.1. The third-order valence-corrected chi connectivity index (χ3v) is 5.22. The first-order chi connectivity index (χ1) is 8.08. The molecule has 1 heterocycles. The first-order valence-electron chi connectivity index (χ1n) is 7.49. The molecule has 2 nitrogen and oxygen atoms in total. The Balaban J connectivity index is 2.04. The van der Waals surface area contributed by atoms with Crippen LogP contribution < -0.4 is 5.32 Å². The van der Waals surface area contributed by atoms with E-state index in [2.05, 4.69) is 38.0 Å². The average Bonchev–Trinajstić information content (AvgIpc) is 2.75. The highest BCUT2D eigenvalue weighted by Crippen LogP contribution is 2.39. The molecule has 2 aliphatic rings. The summed E-state index contributed by atoms with van der Waals surface area (Å²) in [4.78, 5) is 2.77. The Morgan fingerprint density at radius 3 is 2.65 bits per heavy atom. The largest absolute Gasteiger partial charge is 0.315 e. The number of nitrogens with zero attached hydrogens (tertiary/aromatic N) is 1. The molecule has 0 radical (unpaired) electrons. The third kappa shape index (κ3) is 2.68. The molecular formula is C15H30N2. The summed E-state index contributed by atoms with van der Waals surface area (Å²) in [7, 11) is 2.15. The Morgan fingerprint density at radius 1 is 1.29 bits per heavy atom. The molecule has 1 saturated carbocycles. The molecule has 0 aromatic rings. The minimum Gasteiger partial charge on any atom is -0.315 e. The van der Waals surface area contributed by atoms with Crippen LogP contribution in [0.5, 0.6) is 0 Å². The Morgan fingerprint density at radius 2 is 2.06 bits per heavy atom. The van der Waals surface area contributed by atoms with Crippen LogP contribution >= 0.6 is 0 Å². The minimum absolute atomic E-state index is 0.460. The van der Waals surface area contributed by atoms with Gasteiger partial charge in [-0.15, -0.1) is 0 Å². The molecule has 2 fully saturated rings. The number of hydrogen-bond acceptors (Lipinski definition) is 2. The van der Waals surface area contributed by atoms with Gasteiger partial charge in [-0.3, -0.25) is 4.90 Å². The van der Waals surface area contributed by atoms with Crippen LogP contribution in [0.4, 0.5) is 0 Å². The molecule has 0 amide bonds. The van der Waals surface area contributed by atoms with Crippen molar-refractivity contribution in [1.29, 1.82) is 0 Å². The van der Waals surface area contributed by atoms with Gasteiger partial charge >= 0.3 is 0 Å². The number of hydrogen-bond donors (Lipinski definition) is 1. The highest BCUT2D eigenvalue weighted by molar-refractivity contribution is 4.99. The molecule has 2 rings (SSSR count). The smallest absolute Gasteiger partial charge is 0.0271 e. The highest BCUT2D eigenvalue weighted by atomic mass is 15.2. The Bertz CT molecular complexity index is 249. The molecule has 17 heavy (non-hydrogen) atoms. The van der Waals surface area contributed by atoms with Gasteiger partial charge in [-0.25, -0.2) is 0 Å². The Hall–Kier alpha value is -0.0800. The van der Waals surface area contributed by atoms with E-state index in [1.54, 1.807) is 0 Å². The molecule has 2 heteroatoms. The molecule has 3 atom stereocenters. The van der Waals surface area contributed by atoms with Crippen molar-refractivity contribution in [2.45, 2.75) is 65.0 Å². The first kappa shape index (κ1) is 13.4. The fourth-order valence-electron chi connectivity index (χ4n) is 4.08. The molecule has 1 saturated heterocycles. The number of rotatable bonds is 3. The van der Waals surface area contributed by atoms with Crippen LogP contribution in [-0.4, -0.2) is 37.1 Å². The SMILES string of the molecule is CCC1CCN(C2CCCC(C)(C)C2NC)C1. The lowest BCUT2D eigenvalue weighted by Crippen LogP contribution is -2.57. The standard InChI is InChI=1S/C15H30N2/c1-5-12-8-10-17(11-12)13-7-6-9-15(2,3)14(13)16-4/h12-14,16H,5-11H2,1-4H3. The molecule has 1 aliphatic carbocycles. The van der Waals surface area contributed by atoms with Gasteiger partial charge in [-0.2, -0.15) is 0 Å². The van der Waals surface area contributed by atoms with E-state index in [9.17, 15) is 0 Å². The predicted octanol–water partition coefficient (Wildman–Crippen LogP) is 2.89. The van der Waals surface area contributed by atoms with E-state index in [1.807, 2.05) is 0 Å². The van der Waals surface area contributed by atoms with Crippen LogP contribution in [0.15, 0.2) is 0 Å². The maximum absolute atomic E-state index is 3.61. The molecule has 0 bridgehead atoms. The number of likely N-dealkylation sites (N-methyl/N-ethyl adjacent to an activating group) is 1. The van der Waals surface area contributed by atoms with E-state index in [-0.39, 0.29) is 0 Å². The molecule has 0 spiro atoms. The second-order valence-electron chi connectivity index (χ2n) is 6.77. The summed E-state index contributed by atoms with van der Waals surface area (Å²) in [5.41, 5.74) is 0.460. The van der Waals surface area contributed by atoms with Gasteiger partial charge in [0.15, 0.2) is 0 Å². The monoisotopic (exact) mass is 238 g/mol. The molecule has 0 aromatic heterocycles. The summed E-state index contributed by atoms with van der Waals surface area (Å²) in [6, 6.07) is 1.45. The fraction of sp³-hybridized carbons (Fsp3) is 1.00. The van der Waals surface area contributed by atoms with Crippen molar-refractivity contribution in [3.63, 3.8) is 0 Å². The van der Waals surface area contributed by atoms with Crippen molar-refractivity contribution in [3.05, 3.63) is 0 Å². The van der Waals surface area contributed by atoms with Gasteiger partial charge in [-0.1, -0.05) is 33.6 Å². The van der Waals surface area contributed by atoms with Crippen LogP contribution in [0, 0.1) is 11.3 Å². The Kier molecular flexibility index (Phi) is 4.14. The molecule has 3 unspecified atom stereocenters. The van der Waals surface area contributed by atoms with Crippen molar-refractivity contribution in [3.8, 4) is 0 Å². The second kappa shape index (κ2) is 5.27. The summed E-state index contributed by atoms with van der Waals surface area (Å²) in [6.07, 6.45) is 6.95. The maximum Gasteiger partial charge on any atom is 0.0271 e. The predicted molar refractivity (Wildman–Crippen MR) is 74.2 cm³/mol. The van der Waals surface area contributed by atoms with E-state index in [0.29, 0.717) is 11.5 Å². The van der Waals surface area contributed by atoms with Gasteiger partial charge in [0.05, 0.1) is 0 Å².